The highest BCUT2D eigenvalue weighted by molar-refractivity contribution is 5.98. The molecule has 104 valence electrons. The molecule has 1 aromatic rings. The average molecular weight is 266 g/mol. The van der Waals surface area contributed by atoms with Gasteiger partial charge in [0.05, 0.1) is 12.1 Å². The van der Waals surface area contributed by atoms with Gasteiger partial charge in [0.15, 0.2) is 0 Å². The molecule has 1 aliphatic rings. The quantitative estimate of drug-likeness (QED) is 0.822. The molecule has 0 bridgehead atoms. The summed E-state index contributed by atoms with van der Waals surface area (Å²) in [4.78, 5) is 17.9. The van der Waals surface area contributed by atoms with E-state index in [0.717, 1.165) is 0 Å². The van der Waals surface area contributed by atoms with Gasteiger partial charge in [0.2, 0.25) is 0 Å². The number of halogens is 1. The maximum atomic E-state index is 14.2. The van der Waals surface area contributed by atoms with E-state index in [4.69, 9.17) is 0 Å². The largest absolute Gasteiger partial charge is 0.355 e. The molecule has 1 saturated heterocycles. The molecule has 0 saturated carbocycles. The van der Waals surface area contributed by atoms with Crippen LogP contribution in [0.5, 0.6) is 0 Å². The van der Waals surface area contributed by atoms with Crippen LogP contribution in [0, 0.1) is 0 Å². The summed E-state index contributed by atoms with van der Waals surface area (Å²) < 4.78 is 14.2. The van der Waals surface area contributed by atoms with Gasteiger partial charge in [-0.15, -0.1) is 0 Å². The summed E-state index contributed by atoms with van der Waals surface area (Å²) in [6.07, 6.45) is 1.62. The first kappa shape index (κ1) is 13.7. The van der Waals surface area contributed by atoms with Crippen LogP contribution in [0.4, 0.5) is 10.2 Å². The number of alkyl halides is 1. The van der Waals surface area contributed by atoms with Gasteiger partial charge >= 0.3 is 0 Å². The molecule has 1 atom stereocenters. The number of hydrogen-bond acceptors (Lipinski definition) is 4. The first-order valence-electron chi connectivity index (χ1n) is 6.35. The summed E-state index contributed by atoms with van der Waals surface area (Å²) in [5, 5.41) is 5.64. The molecule has 1 unspecified atom stereocenters. The van der Waals surface area contributed by atoms with E-state index in [2.05, 4.69) is 15.6 Å². The van der Waals surface area contributed by atoms with E-state index >= 15 is 0 Å². The summed E-state index contributed by atoms with van der Waals surface area (Å²) in [5.74, 6) is 0.329. The Morgan fingerprint density at radius 1 is 1.63 bits per heavy atom. The van der Waals surface area contributed by atoms with Crippen molar-refractivity contribution in [3.8, 4) is 0 Å². The predicted molar refractivity (Wildman–Crippen MR) is 72.2 cm³/mol. The molecule has 2 N–H and O–H groups in total. The van der Waals surface area contributed by atoms with Crippen molar-refractivity contribution in [2.45, 2.75) is 12.6 Å². The number of aromatic nitrogens is 1. The Morgan fingerprint density at radius 3 is 3.16 bits per heavy atom. The van der Waals surface area contributed by atoms with Crippen molar-refractivity contribution in [3.05, 3.63) is 23.9 Å². The summed E-state index contributed by atoms with van der Waals surface area (Å²) in [7, 11) is 1.57. The third kappa shape index (κ3) is 3.20. The first-order valence-corrected chi connectivity index (χ1v) is 6.35. The Morgan fingerprint density at radius 2 is 2.42 bits per heavy atom. The number of pyridine rings is 1. The number of anilines is 1. The van der Waals surface area contributed by atoms with Crippen molar-refractivity contribution in [2.24, 2.45) is 0 Å². The van der Waals surface area contributed by atoms with Crippen LogP contribution in [0.25, 0.3) is 0 Å². The van der Waals surface area contributed by atoms with Crippen molar-refractivity contribution < 1.29 is 9.18 Å². The van der Waals surface area contributed by atoms with Crippen LogP contribution in [0.15, 0.2) is 18.3 Å². The Labute approximate surface area is 112 Å². The van der Waals surface area contributed by atoms with Gasteiger partial charge in [-0.1, -0.05) is 0 Å². The Kier molecular flexibility index (Phi) is 3.99. The molecule has 6 heteroatoms. The summed E-state index contributed by atoms with van der Waals surface area (Å²) in [6, 6.07) is 3.41. The molecule has 1 fully saturated rings. The second-order valence-electron chi connectivity index (χ2n) is 4.97. The average Bonchev–Trinajstić information content (AvgIpc) is 2.58. The number of nitrogens with one attached hydrogen (secondary N) is 2. The molecule has 1 aromatic heterocycles. The summed E-state index contributed by atoms with van der Waals surface area (Å²) in [5.41, 5.74) is -0.865. The third-order valence-corrected chi connectivity index (χ3v) is 3.13. The van der Waals surface area contributed by atoms with Crippen LogP contribution >= 0.6 is 0 Å². The van der Waals surface area contributed by atoms with Gasteiger partial charge < -0.3 is 15.5 Å². The molecule has 0 radical (unpaired) electrons. The topological polar surface area (TPSA) is 57.3 Å². The van der Waals surface area contributed by atoms with Crippen LogP contribution < -0.4 is 15.5 Å². The SMILES string of the molecule is CNC(=O)c1cccnc1N1CCNCC(C)(F)C1. The smallest absolute Gasteiger partial charge is 0.254 e. The summed E-state index contributed by atoms with van der Waals surface area (Å²) in [6.45, 7) is 3.39. The number of nitrogens with zero attached hydrogens (tertiary/aromatic N) is 2. The fourth-order valence-corrected chi connectivity index (χ4v) is 2.24. The molecule has 19 heavy (non-hydrogen) atoms. The molecule has 2 rings (SSSR count). The van der Waals surface area contributed by atoms with Gasteiger partial charge in [0, 0.05) is 32.9 Å². The zero-order valence-corrected chi connectivity index (χ0v) is 11.2. The minimum absolute atomic E-state index is 0.208. The number of rotatable bonds is 2. The van der Waals surface area contributed by atoms with Crippen molar-refractivity contribution in [3.63, 3.8) is 0 Å². The standard InChI is InChI=1S/C13H19FN4O/c1-13(14)8-16-6-7-18(9-13)11-10(12(19)15-2)4-3-5-17-11/h3-5,16H,6-9H2,1-2H3,(H,15,19). The first-order chi connectivity index (χ1) is 9.03. The zero-order chi connectivity index (χ0) is 13.9. The molecular weight excluding hydrogens is 247 g/mol. The van der Waals surface area contributed by atoms with E-state index in [1.807, 2.05) is 4.90 Å². The third-order valence-electron chi connectivity index (χ3n) is 3.13. The highest BCUT2D eigenvalue weighted by Gasteiger charge is 2.30. The van der Waals surface area contributed by atoms with Gasteiger partial charge in [-0.3, -0.25) is 4.79 Å². The number of amides is 1. The molecule has 0 spiro atoms. The number of carbonyl (C=O) groups is 1. The van der Waals surface area contributed by atoms with Gasteiger partial charge in [0.25, 0.3) is 5.91 Å². The highest BCUT2D eigenvalue weighted by Crippen LogP contribution is 2.22. The van der Waals surface area contributed by atoms with Crippen LogP contribution in [0.2, 0.25) is 0 Å². The van der Waals surface area contributed by atoms with E-state index in [0.29, 0.717) is 31.0 Å². The van der Waals surface area contributed by atoms with Gasteiger partial charge in [-0.2, -0.15) is 0 Å². The lowest BCUT2D eigenvalue weighted by molar-refractivity contribution is 0.0963. The fraction of sp³-hybridized carbons (Fsp3) is 0.538. The van der Waals surface area contributed by atoms with E-state index < -0.39 is 5.67 Å². The fourth-order valence-electron chi connectivity index (χ4n) is 2.24. The second kappa shape index (κ2) is 5.52. The second-order valence-corrected chi connectivity index (χ2v) is 4.97. The van der Waals surface area contributed by atoms with E-state index in [9.17, 15) is 9.18 Å². The highest BCUT2D eigenvalue weighted by atomic mass is 19.1. The molecule has 5 nitrogen and oxygen atoms in total. The minimum atomic E-state index is -1.34. The normalized spacial score (nSPS) is 23.8. The summed E-state index contributed by atoms with van der Waals surface area (Å²) >= 11 is 0. The van der Waals surface area contributed by atoms with Crippen LogP contribution in [-0.4, -0.2) is 49.8 Å². The maximum Gasteiger partial charge on any atom is 0.254 e. The monoisotopic (exact) mass is 266 g/mol. The van der Waals surface area contributed by atoms with Crippen molar-refractivity contribution in [1.29, 1.82) is 0 Å². The van der Waals surface area contributed by atoms with Crippen LogP contribution in [-0.2, 0) is 0 Å². The number of hydrogen-bond donors (Lipinski definition) is 2. The zero-order valence-electron chi connectivity index (χ0n) is 11.2. The minimum Gasteiger partial charge on any atom is -0.355 e. The molecule has 2 heterocycles. The molecule has 0 aromatic carbocycles. The Hall–Kier alpha value is -1.69. The Bertz CT molecular complexity index is 464. The van der Waals surface area contributed by atoms with Gasteiger partial charge in [-0.05, 0) is 19.1 Å². The van der Waals surface area contributed by atoms with Gasteiger partial charge in [0.1, 0.15) is 11.5 Å². The van der Waals surface area contributed by atoms with Crippen molar-refractivity contribution in [2.75, 3.05) is 38.1 Å². The lowest BCUT2D eigenvalue weighted by Gasteiger charge is -2.28. The Balaban J connectivity index is 2.32. The van der Waals surface area contributed by atoms with Crippen molar-refractivity contribution in [1.82, 2.24) is 15.6 Å². The molecule has 1 amide bonds. The van der Waals surface area contributed by atoms with Crippen molar-refractivity contribution >= 4 is 11.7 Å². The lowest BCUT2D eigenvalue weighted by atomic mass is 10.1. The predicted octanol–water partition coefficient (Wildman–Crippen LogP) is 0.579. The maximum absolute atomic E-state index is 14.2. The van der Waals surface area contributed by atoms with E-state index in [1.165, 1.54) is 0 Å². The van der Waals surface area contributed by atoms with Gasteiger partial charge in [-0.25, -0.2) is 9.37 Å². The molecule has 1 aliphatic heterocycles. The van der Waals surface area contributed by atoms with Crippen LogP contribution in [0.3, 0.4) is 0 Å². The molecule has 0 aliphatic carbocycles. The molecular formula is C13H19FN4O. The van der Waals surface area contributed by atoms with Crippen LogP contribution in [0.1, 0.15) is 17.3 Å². The van der Waals surface area contributed by atoms with E-state index in [-0.39, 0.29) is 12.5 Å². The lowest BCUT2D eigenvalue weighted by Crippen LogP contribution is -2.40. The van der Waals surface area contributed by atoms with E-state index in [1.54, 1.807) is 32.3 Å². The number of carbonyl (C=O) groups excluding carboxylic acids is 1.